The summed E-state index contributed by atoms with van der Waals surface area (Å²) in [5.41, 5.74) is 0. The Morgan fingerprint density at radius 2 is 2.08 bits per heavy atom. The quantitative estimate of drug-likeness (QED) is 0.634. The first-order valence-electron chi connectivity index (χ1n) is 4.71. The maximum absolute atomic E-state index is 11.6. The molecule has 0 aromatic carbocycles. The van der Waals surface area contributed by atoms with Gasteiger partial charge in [-0.2, -0.15) is 0 Å². The van der Waals surface area contributed by atoms with E-state index in [-0.39, 0.29) is 12.6 Å². The molecule has 0 aromatic heterocycles. The average molecular weight is 169 g/mol. The van der Waals surface area contributed by atoms with Gasteiger partial charge in [-0.05, 0) is 32.4 Å². The van der Waals surface area contributed by atoms with E-state index in [0.29, 0.717) is 18.1 Å². The van der Waals surface area contributed by atoms with Gasteiger partial charge in [0.25, 0.3) is 0 Å². The summed E-state index contributed by atoms with van der Waals surface area (Å²) in [7, 11) is 0. The smallest absolute Gasteiger partial charge is 0.153 e. The van der Waals surface area contributed by atoms with Crippen LogP contribution in [0.5, 0.6) is 0 Å². The van der Waals surface area contributed by atoms with Crippen molar-refractivity contribution in [2.24, 2.45) is 5.92 Å². The molecule has 1 N–H and O–H groups in total. The Morgan fingerprint density at radius 1 is 1.42 bits per heavy atom. The molecule has 3 saturated heterocycles. The van der Waals surface area contributed by atoms with E-state index in [1.165, 1.54) is 0 Å². The molecule has 1 atom stereocenters. The first-order chi connectivity index (χ1) is 5.83. The van der Waals surface area contributed by atoms with Crippen molar-refractivity contribution in [2.45, 2.75) is 25.3 Å². The van der Waals surface area contributed by atoms with Gasteiger partial charge in [0, 0.05) is 12.5 Å². The Hall–Kier alpha value is -0.410. The molecule has 0 aromatic rings. The topological polar surface area (TPSA) is 40.5 Å². The number of hydrogen-bond acceptors (Lipinski definition) is 3. The first kappa shape index (κ1) is 8.20. The lowest BCUT2D eigenvalue weighted by molar-refractivity contribution is -0.137. The predicted octanol–water partition coefficient (Wildman–Crippen LogP) is 0.0321. The summed E-state index contributed by atoms with van der Waals surface area (Å²) in [6.07, 6.45) is 2.72. The van der Waals surface area contributed by atoms with Gasteiger partial charge in [0.2, 0.25) is 0 Å². The number of aliphatic hydroxyl groups is 1. The van der Waals surface area contributed by atoms with Crippen LogP contribution in [0.3, 0.4) is 0 Å². The van der Waals surface area contributed by atoms with Crippen molar-refractivity contribution in [3.8, 4) is 0 Å². The highest BCUT2D eigenvalue weighted by molar-refractivity contribution is 5.87. The van der Waals surface area contributed by atoms with Crippen LogP contribution in [-0.4, -0.2) is 41.5 Å². The Kier molecular flexibility index (Phi) is 2.15. The molecule has 3 aliphatic heterocycles. The van der Waals surface area contributed by atoms with Crippen LogP contribution < -0.4 is 0 Å². The molecule has 0 spiro atoms. The molecule has 3 nitrogen and oxygen atoms in total. The molecule has 3 heteroatoms. The van der Waals surface area contributed by atoms with E-state index >= 15 is 0 Å². The van der Waals surface area contributed by atoms with Crippen LogP contribution in [0.2, 0.25) is 0 Å². The Balaban J connectivity index is 2.07. The van der Waals surface area contributed by atoms with Crippen molar-refractivity contribution < 1.29 is 9.90 Å². The molecule has 2 bridgehead atoms. The largest absolute Gasteiger partial charge is 0.396 e. The third kappa shape index (κ3) is 1.17. The highest BCUT2D eigenvalue weighted by Gasteiger charge is 2.40. The summed E-state index contributed by atoms with van der Waals surface area (Å²) in [6.45, 7) is 2.25. The minimum atomic E-state index is 0.0440. The second-order valence-electron chi connectivity index (χ2n) is 3.74. The molecule has 3 heterocycles. The van der Waals surface area contributed by atoms with Gasteiger partial charge in [0.1, 0.15) is 0 Å². The second-order valence-corrected chi connectivity index (χ2v) is 3.74. The number of Topliss-reactive ketones (excluding diaryl/α,β-unsaturated/α-hetero) is 1. The van der Waals surface area contributed by atoms with Gasteiger partial charge in [0.05, 0.1) is 6.04 Å². The lowest BCUT2D eigenvalue weighted by atomic mass is 9.81. The summed E-state index contributed by atoms with van der Waals surface area (Å²) < 4.78 is 0. The third-order valence-electron chi connectivity index (χ3n) is 3.10. The maximum atomic E-state index is 11.6. The number of carbonyl (C=O) groups is 1. The fraction of sp³-hybridized carbons (Fsp3) is 0.889. The van der Waals surface area contributed by atoms with E-state index in [9.17, 15) is 4.79 Å². The molecule has 1 unspecified atom stereocenters. The second kappa shape index (κ2) is 3.15. The lowest BCUT2D eigenvalue weighted by Crippen LogP contribution is -2.55. The monoisotopic (exact) mass is 169 g/mol. The summed E-state index contributed by atoms with van der Waals surface area (Å²) in [5.74, 6) is 0.688. The summed E-state index contributed by atoms with van der Waals surface area (Å²) in [5, 5.41) is 8.79. The van der Waals surface area contributed by atoms with Crippen LogP contribution in [0.15, 0.2) is 0 Å². The van der Waals surface area contributed by atoms with Crippen LogP contribution in [0.4, 0.5) is 0 Å². The zero-order valence-electron chi connectivity index (χ0n) is 7.20. The predicted molar refractivity (Wildman–Crippen MR) is 44.8 cm³/mol. The zero-order chi connectivity index (χ0) is 8.55. The number of hydrogen-bond donors (Lipinski definition) is 1. The number of ketones is 1. The van der Waals surface area contributed by atoms with Gasteiger partial charge >= 0.3 is 0 Å². The molecule has 0 aliphatic carbocycles. The SMILES string of the molecule is O=C1C2CCN(CC2)C1CCO. The molecule has 12 heavy (non-hydrogen) atoms. The Morgan fingerprint density at radius 3 is 2.58 bits per heavy atom. The van der Waals surface area contributed by atoms with Crippen molar-refractivity contribution in [2.75, 3.05) is 19.7 Å². The number of rotatable bonds is 2. The van der Waals surface area contributed by atoms with Crippen molar-refractivity contribution in [3.05, 3.63) is 0 Å². The van der Waals surface area contributed by atoms with E-state index in [1.54, 1.807) is 0 Å². The van der Waals surface area contributed by atoms with Crippen LogP contribution in [0.1, 0.15) is 19.3 Å². The molecule has 3 fully saturated rings. The highest BCUT2D eigenvalue weighted by atomic mass is 16.3. The minimum Gasteiger partial charge on any atom is -0.396 e. The fourth-order valence-corrected chi connectivity index (χ4v) is 2.39. The van der Waals surface area contributed by atoms with E-state index in [2.05, 4.69) is 4.90 Å². The summed E-state index contributed by atoms with van der Waals surface area (Å²) >= 11 is 0. The summed E-state index contributed by atoms with van der Waals surface area (Å²) in [6, 6.07) is 0.0440. The third-order valence-corrected chi connectivity index (χ3v) is 3.10. The molecule has 0 saturated carbocycles. The van der Waals surface area contributed by atoms with E-state index in [0.717, 1.165) is 25.9 Å². The molecular weight excluding hydrogens is 154 g/mol. The fourth-order valence-electron chi connectivity index (χ4n) is 2.39. The molecule has 3 rings (SSSR count). The number of fused-ring (bicyclic) bond motifs is 3. The number of nitrogens with zero attached hydrogens (tertiary/aromatic N) is 1. The average Bonchev–Trinajstić information content (AvgIpc) is 2.12. The van der Waals surface area contributed by atoms with Gasteiger partial charge in [-0.3, -0.25) is 9.69 Å². The normalized spacial score (nSPS) is 40.4. The number of aliphatic hydroxyl groups excluding tert-OH is 1. The highest BCUT2D eigenvalue weighted by Crippen LogP contribution is 2.30. The van der Waals surface area contributed by atoms with E-state index in [1.807, 2.05) is 0 Å². The summed E-state index contributed by atoms with van der Waals surface area (Å²) in [4.78, 5) is 13.8. The van der Waals surface area contributed by atoms with Crippen LogP contribution in [0.25, 0.3) is 0 Å². The Labute approximate surface area is 72.4 Å². The Bertz CT molecular complexity index is 185. The minimum absolute atomic E-state index is 0.0440. The van der Waals surface area contributed by atoms with Crippen molar-refractivity contribution >= 4 is 5.78 Å². The molecule has 3 aliphatic rings. The maximum Gasteiger partial charge on any atom is 0.153 e. The van der Waals surface area contributed by atoms with Crippen LogP contribution in [-0.2, 0) is 4.79 Å². The van der Waals surface area contributed by atoms with Gasteiger partial charge < -0.3 is 5.11 Å². The van der Waals surface area contributed by atoms with Crippen molar-refractivity contribution in [1.29, 1.82) is 0 Å². The molecule has 68 valence electrons. The molecule has 0 amide bonds. The van der Waals surface area contributed by atoms with E-state index in [4.69, 9.17) is 5.11 Å². The van der Waals surface area contributed by atoms with Crippen molar-refractivity contribution in [3.63, 3.8) is 0 Å². The number of piperidine rings is 3. The van der Waals surface area contributed by atoms with Gasteiger partial charge in [-0.1, -0.05) is 0 Å². The zero-order valence-corrected chi connectivity index (χ0v) is 7.20. The van der Waals surface area contributed by atoms with Gasteiger partial charge in [-0.25, -0.2) is 0 Å². The first-order valence-corrected chi connectivity index (χ1v) is 4.71. The van der Waals surface area contributed by atoms with E-state index < -0.39 is 0 Å². The molecule has 0 radical (unpaired) electrons. The van der Waals surface area contributed by atoms with Gasteiger partial charge in [0.15, 0.2) is 5.78 Å². The molecular formula is C9H15NO2. The van der Waals surface area contributed by atoms with Crippen LogP contribution in [0, 0.1) is 5.92 Å². The lowest BCUT2D eigenvalue weighted by Gasteiger charge is -2.43. The van der Waals surface area contributed by atoms with Crippen LogP contribution >= 0.6 is 0 Å². The standard InChI is InChI=1S/C9H15NO2/c11-6-3-8-9(12)7-1-4-10(8)5-2-7/h7-8,11H,1-6H2. The number of carbonyl (C=O) groups excluding carboxylic acids is 1. The van der Waals surface area contributed by atoms with Gasteiger partial charge in [-0.15, -0.1) is 0 Å². The van der Waals surface area contributed by atoms with Crippen molar-refractivity contribution in [1.82, 2.24) is 4.90 Å².